The standard InChI is InChI=1S/C15H18N6OS/c1-23-15-18-13(20-16-11-12-5-3-2-4-6-12)17-14(19-15)21-7-9-22-10-8-21/h2-6,11H,7-10H2,1H3,(H,17,18,19,20)/b16-11+. The van der Waals surface area contributed by atoms with Gasteiger partial charge in [-0.1, -0.05) is 42.1 Å². The molecule has 1 saturated heterocycles. The Morgan fingerprint density at radius 2 is 1.96 bits per heavy atom. The Kier molecular flexibility index (Phi) is 5.38. The number of anilines is 2. The first-order valence-electron chi connectivity index (χ1n) is 7.32. The van der Waals surface area contributed by atoms with Gasteiger partial charge in [0.05, 0.1) is 19.4 Å². The molecule has 3 rings (SSSR count). The van der Waals surface area contributed by atoms with Gasteiger partial charge in [-0.2, -0.15) is 20.1 Å². The highest BCUT2D eigenvalue weighted by atomic mass is 32.2. The molecule has 2 heterocycles. The molecule has 0 saturated carbocycles. The first-order valence-corrected chi connectivity index (χ1v) is 8.54. The lowest BCUT2D eigenvalue weighted by molar-refractivity contribution is 0.122. The maximum Gasteiger partial charge on any atom is 0.249 e. The predicted molar refractivity (Wildman–Crippen MR) is 92.3 cm³/mol. The molecule has 2 aromatic rings. The second-order valence-corrected chi connectivity index (χ2v) is 5.60. The van der Waals surface area contributed by atoms with E-state index in [0.717, 1.165) is 18.7 Å². The quantitative estimate of drug-likeness (QED) is 0.509. The number of morpholine rings is 1. The van der Waals surface area contributed by atoms with Crippen LogP contribution in [0.3, 0.4) is 0 Å². The SMILES string of the molecule is CSc1nc(N/N=C/c2ccccc2)nc(N2CCOCC2)n1. The van der Waals surface area contributed by atoms with Crippen LogP contribution in [0.25, 0.3) is 0 Å². The number of aromatic nitrogens is 3. The van der Waals surface area contributed by atoms with Gasteiger partial charge >= 0.3 is 0 Å². The lowest BCUT2D eigenvalue weighted by Crippen LogP contribution is -2.37. The molecule has 8 heteroatoms. The molecule has 1 fully saturated rings. The summed E-state index contributed by atoms with van der Waals surface area (Å²) in [6.45, 7) is 2.94. The van der Waals surface area contributed by atoms with Gasteiger partial charge in [0, 0.05) is 13.1 Å². The maximum atomic E-state index is 5.36. The first-order chi connectivity index (χ1) is 11.3. The number of ether oxygens (including phenoxy) is 1. The minimum atomic E-state index is 0.443. The van der Waals surface area contributed by atoms with Gasteiger partial charge < -0.3 is 9.64 Å². The van der Waals surface area contributed by atoms with Crippen LogP contribution in [0, 0.1) is 0 Å². The van der Waals surface area contributed by atoms with Gasteiger partial charge in [0.25, 0.3) is 0 Å². The van der Waals surface area contributed by atoms with Gasteiger partial charge in [-0.25, -0.2) is 5.43 Å². The Morgan fingerprint density at radius 1 is 1.17 bits per heavy atom. The van der Waals surface area contributed by atoms with Crippen molar-refractivity contribution in [1.82, 2.24) is 15.0 Å². The first kappa shape index (κ1) is 15.7. The van der Waals surface area contributed by atoms with Crippen LogP contribution in [0.15, 0.2) is 40.6 Å². The van der Waals surface area contributed by atoms with Crippen molar-refractivity contribution in [2.45, 2.75) is 5.16 Å². The van der Waals surface area contributed by atoms with E-state index in [1.54, 1.807) is 6.21 Å². The molecule has 1 aromatic heterocycles. The summed E-state index contributed by atoms with van der Waals surface area (Å²) in [6, 6.07) is 9.85. The largest absolute Gasteiger partial charge is 0.378 e. The van der Waals surface area contributed by atoms with Gasteiger partial charge in [-0.15, -0.1) is 0 Å². The normalized spacial score (nSPS) is 15.1. The second-order valence-electron chi connectivity index (χ2n) is 4.83. The van der Waals surface area contributed by atoms with E-state index in [2.05, 4.69) is 30.4 Å². The van der Waals surface area contributed by atoms with Gasteiger partial charge in [0.15, 0.2) is 5.16 Å². The molecule has 1 aliphatic heterocycles. The average molecular weight is 330 g/mol. The second kappa shape index (κ2) is 7.89. The minimum Gasteiger partial charge on any atom is -0.378 e. The Bertz CT molecular complexity index is 660. The van der Waals surface area contributed by atoms with E-state index in [9.17, 15) is 0 Å². The van der Waals surface area contributed by atoms with E-state index < -0.39 is 0 Å². The van der Waals surface area contributed by atoms with E-state index in [4.69, 9.17) is 4.74 Å². The zero-order chi connectivity index (χ0) is 15.9. The summed E-state index contributed by atoms with van der Waals surface area (Å²) < 4.78 is 5.36. The van der Waals surface area contributed by atoms with Crippen molar-refractivity contribution in [2.75, 3.05) is 42.9 Å². The Morgan fingerprint density at radius 3 is 2.70 bits per heavy atom. The topological polar surface area (TPSA) is 75.5 Å². The zero-order valence-corrected chi connectivity index (χ0v) is 13.7. The van der Waals surface area contributed by atoms with Crippen LogP contribution in [0.2, 0.25) is 0 Å². The van der Waals surface area contributed by atoms with Crippen molar-refractivity contribution in [3.05, 3.63) is 35.9 Å². The van der Waals surface area contributed by atoms with Crippen LogP contribution in [-0.4, -0.2) is 53.7 Å². The summed E-state index contributed by atoms with van der Waals surface area (Å²) in [5, 5.41) is 4.86. The molecule has 0 amide bonds. The van der Waals surface area contributed by atoms with Crippen LogP contribution in [-0.2, 0) is 4.74 Å². The van der Waals surface area contributed by atoms with Crippen LogP contribution in [0.4, 0.5) is 11.9 Å². The molecule has 0 radical (unpaired) electrons. The van der Waals surface area contributed by atoms with E-state index in [0.29, 0.717) is 30.3 Å². The third kappa shape index (κ3) is 4.40. The van der Waals surface area contributed by atoms with Crippen LogP contribution >= 0.6 is 11.8 Å². The van der Waals surface area contributed by atoms with E-state index in [1.807, 2.05) is 36.6 Å². The van der Waals surface area contributed by atoms with Crippen molar-refractivity contribution in [3.63, 3.8) is 0 Å². The van der Waals surface area contributed by atoms with Crippen molar-refractivity contribution < 1.29 is 4.74 Å². The molecular weight excluding hydrogens is 312 g/mol. The van der Waals surface area contributed by atoms with Crippen molar-refractivity contribution in [2.24, 2.45) is 5.10 Å². The fraction of sp³-hybridized carbons (Fsp3) is 0.333. The molecule has 0 atom stereocenters. The monoisotopic (exact) mass is 330 g/mol. The van der Waals surface area contributed by atoms with Crippen molar-refractivity contribution in [3.8, 4) is 0 Å². The van der Waals surface area contributed by atoms with Crippen LogP contribution in [0.5, 0.6) is 0 Å². The molecule has 120 valence electrons. The van der Waals surface area contributed by atoms with Crippen LogP contribution in [0.1, 0.15) is 5.56 Å². The Balaban J connectivity index is 1.74. The highest BCUT2D eigenvalue weighted by Crippen LogP contribution is 2.17. The number of nitrogens with one attached hydrogen (secondary N) is 1. The maximum absolute atomic E-state index is 5.36. The smallest absolute Gasteiger partial charge is 0.249 e. The number of benzene rings is 1. The van der Waals surface area contributed by atoms with Crippen molar-refractivity contribution in [1.29, 1.82) is 0 Å². The lowest BCUT2D eigenvalue weighted by atomic mass is 10.2. The molecule has 23 heavy (non-hydrogen) atoms. The molecule has 0 bridgehead atoms. The number of hydrogen-bond acceptors (Lipinski definition) is 8. The summed E-state index contributed by atoms with van der Waals surface area (Å²) in [6.07, 6.45) is 3.67. The third-order valence-electron chi connectivity index (χ3n) is 3.26. The highest BCUT2D eigenvalue weighted by molar-refractivity contribution is 7.98. The van der Waals surface area contributed by atoms with E-state index in [-0.39, 0.29) is 0 Å². The number of rotatable bonds is 5. The molecular formula is C15H18N6OS. The molecule has 0 unspecified atom stereocenters. The fourth-order valence-corrected chi connectivity index (χ4v) is 2.45. The summed E-state index contributed by atoms with van der Waals surface area (Å²) >= 11 is 1.48. The summed E-state index contributed by atoms with van der Waals surface area (Å²) in [4.78, 5) is 15.3. The summed E-state index contributed by atoms with van der Waals surface area (Å²) in [5.41, 5.74) is 3.89. The fourth-order valence-electron chi connectivity index (χ4n) is 2.10. The average Bonchev–Trinajstić information content (AvgIpc) is 2.63. The molecule has 1 N–H and O–H groups in total. The Labute approximate surface area is 139 Å². The zero-order valence-electron chi connectivity index (χ0n) is 12.8. The molecule has 7 nitrogen and oxygen atoms in total. The van der Waals surface area contributed by atoms with Gasteiger partial charge in [-0.05, 0) is 11.8 Å². The predicted octanol–water partition coefficient (Wildman–Crippen LogP) is 1.88. The van der Waals surface area contributed by atoms with Gasteiger partial charge in [-0.3, -0.25) is 0 Å². The molecule has 1 aliphatic rings. The number of nitrogens with zero attached hydrogens (tertiary/aromatic N) is 5. The summed E-state index contributed by atoms with van der Waals surface area (Å²) in [5.74, 6) is 1.10. The summed E-state index contributed by atoms with van der Waals surface area (Å²) in [7, 11) is 0. The van der Waals surface area contributed by atoms with Crippen LogP contribution < -0.4 is 10.3 Å². The van der Waals surface area contributed by atoms with Crippen molar-refractivity contribution >= 4 is 29.9 Å². The van der Waals surface area contributed by atoms with Gasteiger partial charge in [0.1, 0.15) is 0 Å². The molecule has 0 spiro atoms. The Hall–Kier alpha value is -2.19. The minimum absolute atomic E-state index is 0.443. The lowest BCUT2D eigenvalue weighted by Gasteiger charge is -2.26. The number of hydrogen-bond donors (Lipinski definition) is 1. The van der Waals surface area contributed by atoms with E-state index >= 15 is 0 Å². The molecule has 1 aromatic carbocycles. The number of hydrazone groups is 1. The number of thioether (sulfide) groups is 1. The highest BCUT2D eigenvalue weighted by Gasteiger charge is 2.16. The third-order valence-corrected chi connectivity index (χ3v) is 3.81. The van der Waals surface area contributed by atoms with Gasteiger partial charge in [0.2, 0.25) is 11.9 Å². The molecule has 0 aliphatic carbocycles. The van der Waals surface area contributed by atoms with E-state index in [1.165, 1.54) is 11.8 Å².